The van der Waals surface area contributed by atoms with Crippen molar-refractivity contribution >= 4 is 28.9 Å². The van der Waals surface area contributed by atoms with Crippen LogP contribution >= 0.6 is 0 Å². The van der Waals surface area contributed by atoms with E-state index >= 15 is 0 Å². The number of hydrogen-bond donors (Lipinski definition) is 5. The van der Waals surface area contributed by atoms with Gasteiger partial charge in [-0.05, 0) is 6.42 Å². The number of aliphatic hydroxyl groups is 3. The molecular weight excluding hydrogens is 388 g/mol. The Bertz CT molecular complexity index is 890. The van der Waals surface area contributed by atoms with E-state index in [0.717, 1.165) is 12.7 Å². The number of carbonyl (C=O) groups excluding carboxylic acids is 2. The van der Waals surface area contributed by atoms with Gasteiger partial charge in [-0.1, -0.05) is 13.3 Å². The monoisotopic (exact) mass is 410 g/mol. The Labute approximate surface area is 164 Å². The molecule has 3 heterocycles. The minimum atomic E-state index is -1.37. The SMILES string of the molecule is CCCCC(=O)NC(=O)N(O)c1ncnc2c1ncn2[C@@H]1O[C@H](CO)[C@@H](O)[C@H]1O. The molecule has 0 saturated carbocycles. The van der Waals surface area contributed by atoms with E-state index in [-0.39, 0.29) is 28.5 Å². The molecule has 0 aliphatic carbocycles. The van der Waals surface area contributed by atoms with Crippen molar-refractivity contribution in [2.45, 2.75) is 50.7 Å². The molecule has 13 nitrogen and oxygen atoms in total. The first-order valence-electron chi connectivity index (χ1n) is 9.01. The second kappa shape index (κ2) is 8.75. The van der Waals surface area contributed by atoms with Crippen LogP contribution in [0.3, 0.4) is 0 Å². The maximum atomic E-state index is 12.1. The van der Waals surface area contributed by atoms with Crippen LogP contribution in [0.4, 0.5) is 10.6 Å². The fourth-order valence-electron chi connectivity index (χ4n) is 2.96. The minimum Gasteiger partial charge on any atom is -0.394 e. The molecule has 5 N–H and O–H groups in total. The summed E-state index contributed by atoms with van der Waals surface area (Å²) in [5.74, 6) is -0.834. The molecule has 0 bridgehead atoms. The first kappa shape index (κ1) is 21.0. The third kappa shape index (κ3) is 4.04. The summed E-state index contributed by atoms with van der Waals surface area (Å²) in [7, 11) is 0. The highest BCUT2D eigenvalue weighted by atomic mass is 16.6. The van der Waals surface area contributed by atoms with Gasteiger partial charge in [0.2, 0.25) is 5.91 Å². The van der Waals surface area contributed by atoms with Crippen LogP contribution in [0.25, 0.3) is 11.2 Å². The molecule has 1 aliphatic heterocycles. The molecule has 2 aromatic heterocycles. The lowest BCUT2D eigenvalue weighted by molar-refractivity contribution is -0.120. The number of imide groups is 1. The summed E-state index contributed by atoms with van der Waals surface area (Å²) in [5.41, 5.74) is 0.0814. The fraction of sp³-hybridized carbons (Fsp3) is 0.562. The van der Waals surface area contributed by atoms with Crippen molar-refractivity contribution in [1.29, 1.82) is 0 Å². The van der Waals surface area contributed by atoms with Gasteiger partial charge in [0.15, 0.2) is 23.2 Å². The number of anilines is 1. The van der Waals surface area contributed by atoms with Crippen LogP contribution in [-0.4, -0.2) is 76.9 Å². The van der Waals surface area contributed by atoms with Crippen LogP contribution < -0.4 is 10.4 Å². The number of fused-ring (bicyclic) bond motifs is 1. The first-order chi connectivity index (χ1) is 13.9. The maximum Gasteiger partial charge on any atom is 0.354 e. The van der Waals surface area contributed by atoms with E-state index in [1.54, 1.807) is 0 Å². The van der Waals surface area contributed by atoms with Gasteiger partial charge in [-0.25, -0.2) is 19.7 Å². The molecule has 158 valence electrons. The van der Waals surface area contributed by atoms with Crippen molar-refractivity contribution in [2.75, 3.05) is 11.7 Å². The summed E-state index contributed by atoms with van der Waals surface area (Å²) < 4.78 is 6.72. The predicted molar refractivity (Wildman–Crippen MR) is 95.7 cm³/mol. The van der Waals surface area contributed by atoms with Gasteiger partial charge in [0.25, 0.3) is 0 Å². The van der Waals surface area contributed by atoms with Crippen LogP contribution in [0.1, 0.15) is 32.4 Å². The second-order valence-electron chi connectivity index (χ2n) is 6.52. The number of amides is 3. The van der Waals surface area contributed by atoms with Gasteiger partial charge >= 0.3 is 6.03 Å². The molecule has 0 spiro atoms. The molecule has 3 rings (SSSR count). The number of imidazole rings is 1. The lowest BCUT2D eigenvalue weighted by atomic mass is 10.1. The number of hydrogen-bond acceptors (Lipinski definition) is 10. The molecule has 1 aliphatic rings. The maximum absolute atomic E-state index is 12.1. The molecule has 3 amide bonds. The van der Waals surface area contributed by atoms with Crippen molar-refractivity contribution < 1.29 is 34.9 Å². The van der Waals surface area contributed by atoms with Crippen LogP contribution in [0.2, 0.25) is 0 Å². The van der Waals surface area contributed by atoms with Crippen molar-refractivity contribution in [3.63, 3.8) is 0 Å². The standard InChI is InChI=1S/C16H22N6O7/c1-2-3-4-9(24)20-16(27)22(28)14-10-13(17-6-18-14)21(7-19-10)15-12(26)11(25)8(5-23)29-15/h6-8,11-12,15,23,25-26,28H,2-5H2,1H3,(H,20,24,27)/t8-,11-,12-,15-/m1/s1. The van der Waals surface area contributed by atoms with E-state index in [2.05, 4.69) is 15.0 Å². The van der Waals surface area contributed by atoms with Gasteiger partial charge in [-0.3, -0.25) is 19.9 Å². The van der Waals surface area contributed by atoms with E-state index in [1.807, 2.05) is 12.2 Å². The van der Waals surface area contributed by atoms with E-state index in [4.69, 9.17) is 4.74 Å². The van der Waals surface area contributed by atoms with Crippen molar-refractivity contribution in [3.8, 4) is 0 Å². The highest BCUT2D eigenvalue weighted by molar-refractivity contribution is 6.03. The zero-order chi connectivity index (χ0) is 21.1. The van der Waals surface area contributed by atoms with Crippen LogP contribution in [0.15, 0.2) is 12.7 Å². The quantitative estimate of drug-likeness (QED) is 0.294. The molecule has 0 unspecified atom stereocenters. The number of hydroxylamine groups is 1. The normalized spacial score (nSPS) is 24.0. The number of aliphatic hydroxyl groups excluding tert-OH is 3. The zero-order valence-electron chi connectivity index (χ0n) is 15.5. The number of nitrogens with one attached hydrogen (secondary N) is 1. The minimum absolute atomic E-state index is 0.0103. The summed E-state index contributed by atoms with van der Waals surface area (Å²) in [4.78, 5) is 35.7. The molecule has 13 heteroatoms. The summed E-state index contributed by atoms with van der Waals surface area (Å²) in [6.07, 6.45) is -1.02. The Kier molecular flexibility index (Phi) is 6.34. The number of urea groups is 1. The summed E-state index contributed by atoms with van der Waals surface area (Å²) in [6, 6.07) is -1.10. The number of unbranched alkanes of at least 4 members (excludes halogenated alkanes) is 1. The molecule has 4 atom stereocenters. The largest absolute Gasteiger partial charge is 0.394 e. The highest BCUT2D eigenvalue weighted by Gasteiger charge is 2.44. The number of ether oxygens (including phenoxy) is 1. The molecule has 0 aromatic carbocycles. The second-order valence-corrected chi connectivity index (χ2v) is 6.52. The van der Waals surface area contributed by atoms with Gasteiger partial charge in [0.1, 0.15) is 24.6 Å². The average molecular weight is 410 g/mol. The van der Waals surface area contributed by atoms with Crippen LogP contribution in [0, 0.1) is 0 Å². The Morgan fingerprint density at radius 2 is 2.03 bits per heavy atom. The van der Waals surface area contributed by atoms with Crippen LogP contribution in [0.5, 0.6) is 0 Å². The molecule has 2 aromatic rings. The third-order valence-electron chi connectivity index (χ3n) is 4.53. The predicted octanol–water partition coefficient (Wildman–Crippen LogP) is -0.940. The molecule has 0 radical (unpaired) electrons. The Morgan fingerprint density at radius 3 is 2.69 bits per heavy atom. The van der Waals surface area contributed by atoms with Crippen molar-refractivity contribution in [2.24, 2.45) is 0 Å². The highest BCUT2D eigenvalue weighted by Crippen LogP contribution is 2.32. The number of aromatic nitrogens is 4. The summed E-state index contributed by atoms with van der Waals surface area (Å²) in [5, 5.41) is 41.7. The van der Waals surface area contributed by atoms with Gasteiger partial charge in [-0.15, -0.1) is 0 Å². The topological polar surface area (TPSA) is 183 Å². The Hall–Kier alpha value is -2.71. The Morgan fingerprint density at radius 1 is 1.28 bits per heavy atom. The first-order valence-corrected chi connectivity index (χ1v) is 9.01. The number of nitrogens with zero attached hydrogens (tertiary/aromatic N) is 5. The van der Waals surface area contributed by atoms with E-state index in [1.165, 1.54) is 10.9 Å². The Balaban J connectivity index is 1.85. The van der Waals surface area contributed by atoms with Gasteiger partial charge in [0.05, 0.1) is 12.9 Å². The van der Waals surface area contributed by atoms with Crippen molar-refractivity contribution in [1.82, 2.24) is 24.8 Å². The molecular formula is C16H22N6O7. The van der Waals surface area contributed by atoms with Crippen molar-refractivity contribution in [3.05, 3.63) is 12.7 Å². The number of rotatable bonds is 6. The fourth-order valence-corrected chi connectivity index (χ4v) is 2.96. The van der Waals surface area contributed by atoms with Gasteiger partial charge in [-0.2, -0.15) is 5.06 Å². The summed E-state index contributed by atoms with van der Waals surface area (Å²) in [6.45, 7) is 1.40. The van der Waals surface area contributed by atoms with E-state index in [9.17, 15) is 30.1 Å². The molecule has 29 heavy (non-hydrogen) atoms. The molecule has 1 saturated heterocycles. The van der Waals surface area contributed by atoms with Gasteiger partial charge in [0, 0.05) is 6.42 Å². The average Bonchev–Trinajstić information content (AvgIpc) is 3.26. The van der Waals surface area contributed by atoms with E-state index < -0.39 is 43.1 Å². The lowest BCUT2D eigenvalue weighted by Gasteiger charge is -2.17. The molecule has 1 fully saturated rings. The summed E-state index contributed by atoms with van der Waals surface area (Å²) >= 11 is 0. The zero-order valence-corrected chi connectivity index (χ0v) is 15.5. The lowest BCUT2D eigenvalue weighted by Crippen LogP contribution is -2.41. The number of carbonyl (C=O) groups is 2. The van der Waals surface area contributed by atoms with Crippen LogP contribution in [-0.2, 0) is 9.53 Å². The van der Waals surface area contributed by atoms with Gasteiger partial charge < -0.3 is 20.1 Å². The smallest absolute Gasteiger partial charge is 0.354 e. The third-order valence-corrected chi connectivity index (χ3v) is 4.53. The van der Waals surface area contributed by atoms with E-state index in [0.29, 0.717) is 6.42 Å².